The highest BCUT2D eigenvalue weighted by Gasteiger charge is 2.37. The number of alkyl halides is 3. The Bertz CT molecular complexity index is 767. The van der Waals surface area contributed by atoms with E-state index >= 15 is 0 Å². The standard InChI is InChI=1S/C15H13F3N2O2S/c1-7-9(5-6-10(19-7)15(16,17)18)13-11(12(21)8-3-4-8)14(23-2)20-22-13/h5-6,8H,3-4H2,1-2H3. The number of pyridine rings is 1. The van der Waals surface area contributed by atoms with Crippen molar-refractivity contribution in [2.75, 3.05) is 6.26 Å². The van der Waals surface area contributed by atoms with E-state index in [-0.39, 0.29) is 23.2 Å². The first kappa shape index (κ1) is 16.0. The normalized spacial score (nSPS) is 15.0. The number of aryl methyl sites for hydroxylation is 1. The van der Waals surface area contributed by atoms with Crippen molar-refractivity contribution in [3.63, 3.8) is 0 Å². The van der Waals surface area contributed by atoms with E-state index in [2.05, 4.69) is 10.1 Å². The molecule has 1 aliphatic rings. The third kappa shape index (κ3) is 2.99. The fourth-order valence-electron chi connectivity index (χ4n) is 2.32. The van der Waals surface area contributed by atoms with E-state index in [9.17, 15) is 18.0 Å². The van der Waals surface area contributed by atoms with Crippen LogP contribution in [-0.4, -0.2) is 22.2 Å². The molecular formula is C15H13F3N2O2S. The van der Waals surface area contributed by atoms with Crippen molar-refractivity contribution in [2.45, 2.75) is 31.0 Å². The summed E-state index contributed by atoms with van der Waals surface area (Å²) in [6.07, 6.45) is -1.10. The van der Waals surface area contributed by atoms with Gasteiger partial charge >= 0.3 is 6.18 Å². The van der Waals surface area contributed by atoms with E-state index < -0.39 is 11.9 Å². The number of nitrogens with zero attached hydrogens (tertiary/aromatic N) is 2. The topological polar surface area (TPSA) is 56.0 Å². The maximum Gasteiger partial charge on any atom is 0.433 e. The highest BCUT2D eigenvalue weighted by atomic mass is 32.2. The number of hydrogen-bond acceptors (Lipinski definition) is 5. The predicted octanol–water partition coefficient (Wildman–Crippen LogP) is 4.38. The number of rotatable bonds is 4. The van der Waals surface area contributed by atoms with E-state index in [0.29, 0.717) is 16.2 Å². The van der Waals surface area contributed by atoms with Crippen molar-refractivity contribution in [1.29, 1.82) is 0 Å². The number of aromatic nitrogens is 2. The molecule has 0 N–H and O–H groups in total. The lowest BCUT2D eigenvalue weighted by molar-refractivity contribution is -0.141. The van der Waals surface area contributed by atoms with Gasteiger partial charge in [0.15, 0.2) is 16.6 Å². The zero-order valence-corrected chi connectivity index (χ0v) is 13.2. The van der Waals surface area contributed by atoms with Gasteiger partial charge in [-0.15, -0.1) is 11.8 Å². The second-order valence-corrected chi connectivity index (χ2v) is 6.16. The zero-order chi connectivity index (χ0) is 16.8. The molecule has 0 amide bonds. The average molecular weight is 342 g/mol. The Morgan fingerprint density at radius 3 is 2.57 bits per heavy atom. The molecule has 0 spiro atoms. The van der Waals surface area contributed by atoms with Crippen molar-refractivity contribution >= 4 is 17.5 Å². The fourth-order valence-corrected chi connectivity index (χ4v) is 2.83. The van der Waals surface area contributed by atoms with Crippen LogP contribution >= 0.6 is 11.8 Å². The van der Waals surface area contributed by atoms with Crippen molar-refractivity contribution in [2.24, 2.45) is 5.92 Å². The molecule has 23 heavy (non-hydrogen) atoms. The molecule has 2 heterocycles. The molecule has 2 aromatic rings. The first-order valence-corrected chi connectivity index (χ1v) is 8.18. The van der Waals surface area contributed by atoms with Gasteiger partial charge in [0.1, 0.15) is 5.69 Å². The van der Waals surface area contributed by atoms with Gasteiger partial charge in [-0.25, -0.2) is 4.98 Å². The molecular weight excluding hydrogens is 329 g/mol. The van der Waals surface area contributed by atoms with Crippen LogP contribution < -0.4 is 0 Å². The number of halogens is 3. The minimum absolute atomic E-state index is 0.0400. The van der Waals surface area contributed by atoms with Gasteiger partial charge in [-0.1, -0.05) is 5.16 Å². The molecule has 1 aliphatic carbocycles. The SMILES string of the molecule is CSc1noc(-c2ccc(C(F)(F)F)nc2C)c1C(=O)C1CC1. The molecule has 1 saturated carbocycles. The minimum atomic E-state index is -4.51. The van der Waals surface area contributed by atoms with Gasteiger partial charge < -0.3 is 4.52 Å². The molecule has 0 unspecified atom stereocenters. The Hall–Kier alpha value is -1.83. The summed E-state index contributed by atoms with van der Waals surface area (Å²) in [7, 11) is 0. The molecule has 122 valence electrons. The van der Waals surface area contributed by atoms with Gasteiger partial charge in [-0.05, 0) is 38.2 Å². The summed E-state index contributed by atoms with van der Waals surface area (Å²) in [6.45, 7) is 1.46. The monoisotopic (exact) mass is 342 g/mol. The van der Waals surface area contributed by atoms with Crippen molar-refractivity contribution in [3.05, 3.63) is 29.1 Å². The Labute approximate surface area is 134 Å². The average Bonchev–Trinajstić information content (AvgIpc) is 3.25. The summed E-state index contributed by atoms with van der Waals surface area (Å²) < 4.78 is 43.4. The first-order valence-electron chi connectivity index (χ1n) is 6.96. The fraction of sp³-hybridized carbons (Fsp3) is 0.400. The number of Topliss-reactive ketones (excluding diaryl/α,β-unsaturated/α-hetero) is 1. The van der Waals surface area contributed by atoms with Gasteiger partial charge in [0.25, 0.3) is 0 Å². The summed E-state index contributed by atoms with van der Waals surface area (Å²) in [4.78, 5) is 16.1. The van der Waals surface area contributed by atoms with Crippen molar-refractivity contribution in [1.82, 2.24) is 10.1 Å². The number of hydrogen-bond donors (Lipinski definition) is 0. The number of thioether (sulfide) groups is 1. The van der Waals surface area contributed by atoms with Crippen LogP contribution in [0, 0.1) is 12.8 Å². The molecule has 0 aliphatic heterocycles. The zero-order valence-electron chi connectivity index (χ0n) is 12.4. The smallest absolute Gasteiger partial charge is 0.354 e. The number of ketones is 1. The molecule has 0 saturated heterocycles. The van der Waals surface area contributed by atoms with Gasteiger partial charge in [0.2, 0.25) is 0 Å². The lowest BCUT2D eigenvalue weighted by Crippen LogP contribution is -2.09. The Morgan fingerprint density at radius 1 is 1.35 bits per heavy atom. The lowest BCUT2D eigenvalue weighted by Gasteiger charge is -2.09. The molecule has 1 fully saturated rings. The Morgan fingerprint density at radius 2 is 2.04 bits per heavy atom. The van der Waals surface area contributed by atoms with Crippen LogP contribution in [0.4, 0.5) is 13.2 Å². The maximum absolute atomic E-state index is 12.7. The highest BCUT2D eigenvalue weighted by molar-refractivity contribution is 7.98. The van der Waals surface area contributed by atoms with Crippen LogP contribution in [-0.2, 0) is 6.18 Å². The van der Waals surface area contributed by atoms with Crippen LogP contribution in [0.5, 0.6) is 0 Å². The van der Waals surface area contributed by atoms with Crippen LogP contribution in [0.1, 0.15) is 34.6 Å². The van der Waals surface area contributed by atoms with Crippen molar-refractivity contribution in [3.8, 4) is 11.3 Å². The third-order valence-electron chi connectivity index (χ3n) is 3.67. The second-order valence-electron chi connectivity index (χ2n) is 5.36. The van der Waals surface area contributed by atoms with E-state index in [0.717, 1.165) is 18.9 Å². The molecule has 0 bridgehead atoms. The molecule has 0 aromatic carbocycles. The summed E-state index contributed by atoms with van der Waals surface area (Å²) >= 11 is 1.27. The van der Waals surface area contributed by atoms with Crippen LogP contribution in [0.15, 0.2) is 21.7 Å². The van der Waals surface area contributed by atoms with Gasteiger partial charge in [-0.2, -0.15) is 13.2 Å². The minimum Gasteiger partial charge on any atom is -0.354 e. The molecule has 0 radical (unpaired) electrons. The van der Waals surface area contributed by atoms with Crippen LogP contribution in [0.25, 0.3) is 11.3 Å². The first-order chi connectivity index (χ1) is 10.8. The quantitative estimate of drug-likeness (QED) is 0.610. The summed E-state index contributed by atoms with van der Waals surface area (Å²) in [5, 5.41) is 4.33. The van der Waals surface area contributed by atoms with E-state index in [4.69, 9.17) is 4.52 Å². The summed E-state index contributed by atoms with van der Waals surface area (Å²) in [5.74, 6) is 0.0941. The number of carbonyl (C=O) groups excluding carboxylic acids is 1. The Balaban J connectivity index is 2.08. The molecule has 3 rings (SSSR count). The highest BCUT2D eigenvalue weighted by Crippen LogP contribution is 2.40. The predicted molar refractivity (Wildman–Crippen MR) is 78.3 cm³/mol. The second kappa shape index (κ2) is 5.67. The maximum atomic E-state index is 12.7. The molecule has 0 atom stereocenters. The van der Waals surface area contributed by atoms with Crippen LogP contribution in [0.2, 0.25) is 0 Å². The van der Waals surface area contributed by atoms with Gasteiger partial charge in [0.05, 0.1) is 5.56 Å². The van der Waals surface area contributed by atoms with Crippen LogP contribution in [0.3, 0.4) is 0 Å². The van der Waals surface area contributed by atoms with E-state index in [1.165, 1.54) is 24.8 Å². The summed E-state index contributed by atoms with van der Waals surface area (Å²) in [5.41, 5.74) is -0.119. The third-order valence-corrected chi connectivity index (χ3v) is 4.33. The van der Waals surface area contributed by atoms with E-state index in [1.54, 1.807) is 6.26 Å². The van der Waals surface area contributed by atoms with E-state index in [1.807, 2.05) is 0 Å². The van der Waals surface area contributed by atoms with Crippen molar-refractivity contribution < 1.29 is 22.5 Å². The molecule has 4 nitrogen and oxygen atoms in total. The van der Waals surface area contributed by atoms with Gasteiger partial charge in [-0.3, -0.25) is 4.79 Å². The molecule has 8 heteroatoms. The molecule has 2 aromatic heterocycles. The summed E-state index contributed by atoms with van der Waals surface area (Å²) in [6, 6.07) is 2.16. The lowest BCUT2D eigenvalue weighted by atomic mass is 10.0. The van der Waals surface area contributed by atoms with Gasteiger partial charge in [0, 0.05) is 17.2 Å². The largest absolute Gasteiger partial charge is 0.433 e. The number of carbonyl (C=O) groups is 1. The Kier molecular flexibility index (Phi) is 3.95.